The minimum absolute atomic E-state index is 0.478. The minimum Gasteiger partial charge on any atom is -0.369 e. The van der Waals surface area contributed by atoms with Gasteiger partial charge in [0.05, 0.1) is 11.3 Å². The summed E-state index contributed by atoms with van der Waals surface area (Å²) < 4.78 is 0. The molecule has 2 rings (SSSR count). The summed E-state index contributed by atoms with van der Waals surface area (Å²) in [5.74, 6) is 0.607. The first kappa shape index (κ1) is 13.9. The fourth-order valence-electron chi connectivity index (χ4n) is 2.89. The Morgan fingerprint density at radius 2 is 2.16 bits per heavy atom. The van der Waals surface area contributed by atoms with Crippen molar-refractivity contribution in [2.45, 2.75) is 19.5 Å². The van der Waals surface area contributed by atoms with E-state index in [0.29, 0.717) is 18.5 Å². The molecule has 0 amide bonds. The van der Waals surface area contributed by atoms with E-state index in [9.17, 15) is 5.26 Å². The number of hydrogen-bond donors (Lipinski definition) is 1. The number of anilines is 1. The molecule has 1 aliphatic heterocycles. The molecule has 0 aromatic heterocycles. The largest absolute Gasteiger partial charge is 0.369 e. The van der Waals surface area contributed by atoms with Gasteiger partial charge in [-0.25, -0.2) is 0 Å². The lowest BCUT2D eigenvalue weighted by molar-refractivity contribution is 0.266. The Morgan fingerprint density at radius 3 is 2.68 bits per heavy atom. The highest BCUT2D eigenvalue weighted by atomic mass is 15.2. The Hall–Kier alpha value is -1.57. The molecule has 2 N–H and O–H groups in total. The van der Waals surface area contributed by atoms with E-state index in [2.05, 4.69) is 36.9 Å². The number of hydrogen-bond acceptors (Lipinski definition) is 4. The third-order valence-corrected chi connectivity index (χ3v) is 3.99. The second-order valence-electron chi connectivity index (χ2n) is 5.58. The third-order valence-electron chi connectivity index (χ3n) is 3.99. The summed E-state index contributed by atoms with van der Waals surface area (Å²) in [5.41, 5.74) is 8.41. The van der Waals surface area contributed by atoms with Crippen LogP contribution in [-0.2, 0) is 6.54 Å². The Balaban J connectivity index is 2.26. The molecule has 0 aliphatic carbocycles. The fourth-order valence-corrected chi connectivity index (χ4v) is 2.89. The van der Waals surface area contributed by atoms with Gasteiger partial charge < -0.3 is 15.5 Å². The first-order chi connectivity index (χ1) is 9.06. The molecule has 0 saturated carbocycles. The van der Waals surface area contributed by atoms with Crippen molar-refractivity contribution in [1.82, 2.24) is 4.90 Å². The van der Waals surface area contributed by atoms with E-state index >= 15 is 0 Å². The fraction of sp³-hybridized carbons (Fsp3) is 0.533. The van der Waals surface area contributed by atoms with E-state index < -0.39 is 0 Å². The first-order valence-corrected chi connectivity index (χ1v) is 6.71. The van der Waals surface area contributed by atoms with Crippen LogP contribution in [0, 0.1) is 17.2 Å². The summed E-state index contributed by atoms with van der Waals surface area (Å²) >= 11 is 0. The molecular weight excluding hydrogens is 236 g/mol. The molecule has 0 bridgehead atoms. The Labute approximate surface area is 115 Å². The SMILES string of the molecule is CC1CN(c2ccc(CN)cc2C#N)CC1N(C)C. The monoisotopic (exact) mass is 258 g/mol. The lowest BCUT2D eigenvalue weighted by Gasteiger charge is -2.23. The Morgan fingerprint density at radius 1 is 1.42 bits per heavy atom. The predicted octanol–water partition coefficient (Wildman–Crippen LogP) is 1.40. The number of nitriles is 1. The van der Waals surface area contributed by atoms with Crippen LogP contribution in [0.25, 0.3) is 0 Å². The van der Waals surface area contributed by atoms with Gasteiger partial charge in [0.25, 0.3) is 0 Å². The Bertz CT molecular complexity index is 489. The van der Waals surface area contributed by atoms with Crippen molar-refractivity contribution in [3.63, 3.8) is 0 Å². The molecule has 1 aromatic rings. The normalized spacial score (nSPS) is 22.8. The lowest BCUT2D eigenvalue weighted by atomic mass is 10.1. The zero-order valence-electron chi connectivity index (χ0n) is 11.9. The maximum Gasteiger partial charge on any atom is 0.101 e. The van der Waals surface area contributed by atoms with Gasteiger partial charge in [-0.05, 0) is 37.7 Å². The molecule has 1 saturated heterocycles. The molecule has 4 nitrogen and oxygen atoms in total. The lowest BCUT2D eigenvalue weighted by Crippen LogP contribution is -2.34. The smallest absolute Gasteiger partial charge is 0.101 e. The summed E-state index contributed by atoms with van der Waals surface area (Å²) in [5, 5.41) is 9.31. The molecule has 102 valence electrons. The highest BCUT2D eigenvalue weighted by molar-refractivity contribution is 5.61. The predicted molar refractivity (Wildman–Crippen MR) is 77.9 cm³/mol. The van der Waals surface area contributed by atoms with Crippen LogP contribution in [-0.4, -0.2) is 38.1 Å². The van der Waals surface area contributed by atoms with Crippen LogP contribution < -0.4 is 10.6 Å². The van der Waals surface area contributed by atoms with Crippen molar-refractivity contribution in [3.8, 4) is 6.07 Å². The Kier molecular flexibility index (Phi) is 4.08. The molecule has 19 heavy (non-hydrogen) atoms. The van der Waals surface area contributed by atoms with Crippen molar-refractivity contribution in [1.29, 1.82) is 5.26 Å². The molecule has 0 spiro atoms. The number of likely N-dealkylation sites (N-methyl/N-ethyl adjacent to an activating group) is 1. The number of nitrogens with zero attached hydrogens (tertiary/aromatic N) is 3. The third kappa shape index (κ3) is 2.73. The van der Waals surface area contributed by atoms with E-state index in [-0.39, 0.29) is 0 Å². The zero-order valence-corrected chi connectivity index (χ0v) is 11.9. The molecule has 1 fully saturated rings. The van der Waals surface area contributed by atoms with Crippen LogP contribution in [0.2, 0.25) is 0 Å². The van der Waals surface area contributed by atoms with Crippen LogP contribution in [0.3, 0.4) is 0 Å². The second-order valence-corrected chi connectivity index (χ2v) is 5.58. The average Bonchev–Trinajstić information content (AvgIpc) is 2.80. The maximum atomic E-state index is 9.31. The van der Waals surface area contributed by atoms with Crippen LogP contribution >= 0.6 is 0 Å². The van der Waals surface area contributed by atoms with Crippen LogP contribution in [0.5, 0.6) is 0 Å². The zero-order chi connectivity index (χ0) is 14.0. The van der Waals surface area contributed by atoms with Gasteiger partial charge in [-0.2, -0.15) is 5.26 Å². The van der Waals surface area contributed by atoms with Gasteiger partial charge in [-0.15, -0.1) is 0 Å². The number of nitrogens with two attached hydrogens (primary N) is 1. The van der Waals surface area contributed by atoms with E-state index in [1.54, 1.807) is 0 Å². The second kappa shape index (κ2) is 5.60. The molecule has 1 aliphatic rings. The summed E-state index contributed by atoms with van der Waals surface area (Å²) in [6.07, 6.45) is 0. The number of benzene rings is 1. The van der Waals surface area contributed by atoms with E-state index in [0.717, 1.165) is 29.9 Å². The summed E-state index contributed by atoms with van der Waals surface area (Å²) in [6.45, 7) is 4.72. The first-order valence-electron chi connectivity index (χ1n) is 6.71. The van der Waals surface area contributed by atoms with Crippen molar-refractivity contribution < 1.29 is 0 Å². The van der Waals surface area contributed by atoms with Gasteiger partial charge in [-0.3, -0.25) is 0 Å². The molecule has 2 unspecified atom stereocenters. The highest BCUT2D eigenvalue weighted by Gasteiger charge is 2.31. The van der Waals surface area contributed by atoms with E-state index in [1.807, 2.05) is 18.2 Å². The van der Waals surface area contributed by atoms with E-state index in [4.69, 9.17) is 5.73 Å². The van der Waals surface area contributed by atoms with Crippen LogP contribution in [0.1, 0.15) is 18.1 Å². The van der Waals surface area contributed by atoms with Crippen LogP contribution in [0.4, 0.5) is 5.69 Å². The molecular formula is C15H22N4. The minimum atomic E-state index is 0.478. The molecule has 1 heterocycles. The molecule has 2 atom stereocenters. The van der Waals surface area contributed by atoms with Gasteiger partial charge in [0.15, 0.2) is 0 Å². The van der Waals surface area contributed by atoms with Crippen LogP contribution in [0.15, 0.2) is 18.2 Å². The average molecular weight is 258 g/mol. The highest BCUT2D eigenvalue weighted by Crippen LogP contribution is 2.29. The summed E-state index contributed by atoms with van der Waals surface area (Å²) in [4.78, 5) is 4.58. The van der Waals surface area contributed by atoms with Gasteiger partial charge in [0, 0.05) is 25.7 Å². The number of rotatable bonds is 3. The van der Waals surface area contributed by atoms with Crippen molar-refractivity contribution in [3.05, 3.63) is 29.3 Å². The van der Waals surface area contributed by atoms with Gasteiger partial charge in [0.1, 0.15) is 6.07 Å². The van der Waals surface area contributed by atoms with Crippen molar-refractivity contribution in [2.24, 2.45) is 11.7 Å². The quantitative estimate of drug-likeness (QED) is 0.890. The van der Waals surface area contributed by atoms with Crippen molar-refractivity contribution in [2.75, 3.05) is 32.1 Å². The molecule has 4 heteroatoms. The standard InChI is InChI=1S/C15H22N4/c1-11-9-19(10-15(11)18(2)3)14-5-4-12(7-16)6-13(14)8-17/h4-6,11,15H,7,9-10,16H2,1-3H3. The maximum absolute atomic E-state index is 9.31. The molecule has 1 aromatic carbocycles. The topological polar surface area (TPSA) is 56.3 Å². The van der Waals surface area contributed by atoms with Gasteiger partial charge in [0.2, 0.25) is 0 Å². The van der Waals surface area contributed by atoms with E-state index in [1.165, 1.54) is 0 Å². The summed E-state index contributed by atoms with van der Waals surface area (Å²) in [7, 11) is 4.24. The van der Waals surface area contributed by atoms with Gasteiger partial charge >= 0.3 is 0 Å². The van der Waals surface area contributed by atoms with Crippen molar-refractivity contribution >= 4 is 5.69 Å². The summed E-state index contributed by atoms with van der Waals surface area (Å²) in [6, 6.07) is 8.79. The molecule has 0 radical (unpaired) electrons. The van der Waals surface area contributed by atoms with Gasteiger partial charge in [-0.1, -0.05) is 13.0 Å².